The van der Waals surface area contributed by atoms with Gasteiger partial charge in [0, 0.05) is 12.6 Å². The van der Waals surface area contributed by atoms with Gasteiger partial charge in [0.1, 0.15) is 5.75 Å². The minimum atomic E-state index is -0.530. The lowest BCUT2D eigenvalue weighted by atomic mass is 10.1. The number of imidazole rings is 1. The Morgan fingerprint density at radius 1 is 1.07 bits per heavy atom. The highest BCUT2D eigenvalue weighted by Gasteiger charge is 2.20. The van der Waals surface area contributed by atoms with Crippen molar-refractivity contribution in [1.29, 1.82) is 0 Å². The number of benzene rings is 2. The third-order valence-electron chi connectivity index (χ3n) is 4.90. The van der Waals surface area contributed by atoms with Gasteiger partial charge in [-0.05, 0) is 48.6 Å². The lowest BCUT2D eigenvalue weighted by molar-refractivity contribution is 0.0973. The zero-order valence-corrected chi connectivity index (χ0v) is 17.1. The Balaban J connectivity index is 1.90. The van der Waals surface area contributed by atoms with E-state index in [2.05, 4.69) is 4.98 Å². The van der Waals surface area contributed by atoms with Crippen molar-refractivity contribution in [2.24, 2.45) is 7.05 Å². The van der Waals surface area contributed by atoms with E-state index in [-0.39, 0.29) is 28.3 Å². The van der Waals surface area contributed by atoms with Crippen LogP contribution in [0.1, 0.15) is 10.4 Å². The average Bonchev–Trinajstić information content (AvgIpc) is 3.08. The standard InChI is InChI=1S/C21H18N4O4S/c1-23-19(27)17-18(25(21(23)28)14-6-4-3-5-7-14)22-20(30)24(17)12-16(26)13-8-10-15(29-2)11-9-13/h3-11H,12H2,1-2H3,(H,22,30). The van der Waals surface area contributed by atoms with E-state index >= 15 is 0 Å². The number of carbonyl (C=O) groups excluding carboxylic acids is 1. The maximum Gasteiger partial charge on any atom is 0.337 e. The number of para-hydroxylation sites is 1. The molecule has 0 unspecified atom stereocenters. The number of nitrogens with one attached hydrogen (secondary N) is 1. The predicted molar refractivity (Wildman–Crippen MR) is 115 cm³/mol. The molecule has 1 N–H and O–H groups in total. The first-order valence-electron chi connectivity index (χ1n) is 9.09. The second kappa shape index (κ2) is 7.60. The number of ether oxygens (including phenoxy) is 1. The van der Waals surface area contributed by atoms with Crippen molar-refractivity contribution in [1.82, 2.24) is 18.7 Å². The molecule has 0 atom stereocenters. The number of aromatic nitrogens is 4. The van der Waals surface area contributed by atoms with Gasteiger partial charge in [-0.15, -0.1) is 0 Å². The van der Waals surface area contributed by atoms with Crippen LogP contribution in [0.25, 0.3) is 16.9 Å². The maximum atomic E-state index is 12.9. The molecule has 2 aromatic heterocycles. The van der Waals surface area contributed by atoms with Gasteiger partial charge in [-0.2, -0.15) is 0 Å². The molecular weight excluding hydrogens is 404 g/mol. The predicted octanol–water partition coefficient (Wildman–Crippen LogP) is 2.44. The van der Waals surface area contributed by atoms with Crippen LogP contribution in [-0.4, -0.2) is 31.6 Å². The van der Waals surface area contributed by atoms with Gasteiger partial charge in [0.05, 0.1) is 19.3 Å². The van der Waals surface area contributed by atoms with Crippen molar-refractivity contribution in [3.05, 3.63) is 85.8 Å². The minimum Gasteiger partial charge on any atom is -0.497 e. The molecule has 2 heterocycles. The summed E-state index contributed by atoms with van der Waals surface area (Å²) in [5.74, 6) is 0.408. The van der Waals surface area contributed by atoms with Crippen LogP contribution in [0.5, 0.6) is 5.75 Å². The van der Waals surface area contributed by atoms with Crippen LogP contribution in [0.2, 0.25) is 0 Å². The summed E-state index contributed by atoms with van der Waals surface area (Å²) >= 11 is 5.39. The molecule has 0 saturated carbocycles. The molecule has 4 aromatic rings. The molecule has 0 aliphatic rings. The number of fused-ring (bicyclic) bond motifs is 1. The van der Waals surface area contributed by atoms with Crippen molar-refractivity contribution in [3.63, 3.8) is 0 Å². The number of aromatic amines is 1. The van der Waals surface area contributed by atoms with E-state index in [9.17, 15) is 14.4 Å². The van der Waals surface area contributed by atoms with Gasteiger partial charge < -0.3 is 14.3 Å². The Bertz CT molecular complexity index is 1430. The van der Waals surface area contributed by atoms with Gasteiger partial charge in [0.15, 0.2) is 21.7 Å². The van der Waals surface area contributed by atoms with Crippen LogP contribution in [0, 0.1) is 4.77 Å². The smallest absolute Gasteiger partial charge is 0.337 e. The number of carbonyl (C=O) groups is 1. The van der Waals surface area contributed by atoms with Gasteiger partial charge in [-0.3, -0.25) is 14.2 Å². The van der Waals surface area contributed by atoms with Crippen molar-refractivity contribution in [2.75, 3.05) is 7.11 Å². The van der Waals surface area contributed by atoms with Crippen LogP contribution in [-0.2, 0) is 13.6 Å². The molecule has 4 rings (SSSR count). The van der Waals surface area contributed by atoms with Gasteiger partial charge in [-0.25, -0.2) is 9.36 Å². The van der Waals surface area contributed by atoms with E-state index in [1.165, 1.54) is 16.2 Å². The lowest BCUT2D eigenvalue weighted by Crippen LogP contribution is -2.38. The number of ketones is 1. The largest absolute Gasteiger partial charge is 0.497 e. The molecule has 0 aliphatic heterocycles. The van der Waals surface area contributed by atoms with Crippen LogP contribution in [0.3, 0.4) is 0 Å². The van der Waals surface area contributed by atoms with Gasteiger partial charge >= 0.3 is 5.69 Å². The number of H-pyrrole nitrogens is 1. The number of Topliss-reactive ketones (excluding diaryl/α,β-unsaturated/α-hetero) is 1. The van der Waals surface area contributed by atoms with E-state index in [1.807, 2.05) is 6.07 Å². The minimum absolute atomic E-state index is 0.145. The summed E-state index contributed by atoms with van der Waals surface area (Å²) in [7, 11) is 2.94. The van der Waals surface area contributed by atoms with E-state index in [4.69, 9.17) is 17.0 Å². The van der Waals surface area contributed by atoms with E-state index < -0.39 is 11.2 Å². The zero-order chi connectivity index (χ0) is 21.4. The number of hydrogen-bond acceptors (Lipinski definition) is 5. The van der Waals surface area contributed by atoms with Crippen molar-refractivity contribution in [3.8, 4) is 11.4 Å². The highest BCUT2D eigenvalue weighted by molar-refractivity contribution is 7.71. The SMILES string of the molecule is COc1ccc(C(=O)Cn2c(=S)[nH]c3c2c(=O)n(C)c(=O)n3-c2ccccc2)cc1. The monoisotopic (exact) mass is 422 g/mol. The van der Waals surface area contributed by atoms with Crippen molar-refractivity contribution < 1.29 is 9.53 Å². The summed E-state index contributed by atoms with van der Waals surface area (Å²) in [6.45, 7) is -0.145. The molecule has 0 aliphatic carbocycles. The molecule has 9 heteroatoms. The van der Waals surface area contributed by atoms with Crippen LogP contribution >= 0.6 is 12.2 Å². The highest BCUT2D eigenvalue weighted by atomic mass is 32.1. The molecule has 0 bridgehead atoms. The average molecular weight is 422 g/mol. The lowest BCUT2D eigenvalue weighted by Gasteiger charge is -2.10. The normalized spacial score (nSPS) is 11.0. The topological polar surface area (TPSA) is 91.0 Å². The fraction of sp³-hybridized carbons (Fsp3) is 0.143. The molecule has 0 saturated heterocycles. The Kier molecular flexibility index (Phi) is 4.96. The fourth-order valence-electron chi connectivity index (χ4n) is 3.31. The maximum absolute atomic E-state index is 12.9. The first-order valence-corrected chi connectivity index (χ1v) is 9.50. The van der Waals surface area contributed by atoms with E-state index in [0.29, 0.717) is 17.0 Å². The van der Waals surface area contributed by atoms with Gasteiger partial charge in [-0.1, -0.05) is 18.2 Å². The summed E-state index contributed by atoms with van der Waals surface area (Å²) < 4.78 is 9.10. The summed E-state index contributed by atoms with van der Waals surface area (Å²) in [5.41, 5.74) is 0.406. The van der Waals surface area contributed by atoms with Crippen molar-refractivity contribution >= 4 is 29.2 Å². The summed E-state index contributed by atoms with van der Waals surface area (Å²) in [5, 5.41) is 0. The molecule has 0 radical (unpaired) electrons. The molecule has 0 spiro atoms. The van der Waals surface area contributed by atoms with E-state index in [0.717, 1.165) is 4.57 Å². The fourth-order valence-corrected chi connectivity index (χ4v) is 3.56. The first kappa shape index (κ1) is 19.6. The molecule has 0 fully saturated rings. The molecule has 30 heavy (non-hydrogen) atoms. The Morgan fingerprint density at radius 3 is 2.37 bits per heavy atom. The molecular formula is C21H18N4O4S. The van der Waals surface area contributed by atoms with E-state index in [1.54, 1.807) is 55.6 Å². The van der Waals surface area contributed by atoms with Crippen LogP contribution < -0.4 is 16.0 Å². The quantitative estimate of drug-likeness (QED) is 0.394. The van der Waals surface area contributed by atoms with Gasteiger partial charge in [0.2, 0.25) is 0 Å². The molecule has 8 nitrogen and oxygen atoms in total. The van der Waals surface area contributed by atoms with Crippen LogP contribution in [0.4, 0.5) is 0 Å². The van der Waals surface area contributed by atoms with Gasteiger partial charge in [0.25, 0.3) is 5.56 Å². The second-order valence-electron chi connectivity index (χ2n) is 6.68. The number of rotatable bonds is 5. The molecule has 0 amide bonds. The molecule has 2 aromatic carbocycles. The summed E-state index contributed by atoms with van der Waals surface area (Å²) in [6, 6.07) is 15.6. The second-order valence-corrected chi connectivity index (χ2v) is 7.07. The summed E-state index contributed by atoms with van der Waals surface area (Å²) in [6.07, 6.45) is 0. The first-order chi connectivity index (χ1) is 14.4. The van der Waals surface area contributed by atoms with Crippen LogP contribution in [0.15, 0.2) is 64.2 Å². The highest BCUT2D eigenvalue weighted by Crippen LogP contribution is 2.16. The Morgan fingerprint density at radius 2 is 1.73 bits per heavy atom. The molecule has 152 valence electrons. The number of methoxy groups -OCH3 is 1. The third kappa shape index (κ3) is 3.18. The zero-order valence-electron chi connectivity index (χ0n) is 16.3. The van der Waals surface area contributed by atoms with Crippen molar-refractivity contribution in [2.45, 2.75) is 6.54 Å². The number of hydrogen-bond donors (Lipinski definition) is 1. The number of nitrogens with zero attached hydrogens (tertiary/aromatic N) is 3. The third-order valence-corrected chi connectivity index (χ3v) is 5.22. The Hall–Kier alpha value is -3.72. The Labute approximate surface area is 175 Å². The summed E-state index contributed by atoms with van der Waals surface area (Å²) in [4.78, 5) is 41.5.